The number of aryl methyl sites for hydroxylation is 2. The number of rotatable bonds is 8. The first kappa shape index (κ1) is 21.0. The topological polar surface area (TPSA) is 71.3 Å². The molecule has 7 heteroatoms. The number of halogens is 1. The van der Waals surface area contributed by atoms with Crippen molar-refractivity contribution in [1.29, 1.82) is 0 Å². The summed E-state index contributed by atoms with van der Waals surface area (Å²) in [5.74, 6) is 0.753. The van der Waals surface area contributed by atoms with Crippen LogP contribution >= 0.6 is 11.6 Å². The Morgan fingerprint density at radius 3 is 2.55 bits per heavy atom. The summed E-state index contributed by atoms with van der Waals surface area (Å²) in [5, 5.41) is 11.7. The van der Waals surface area contributed by atoms with Gasteiger partial charge in [0.2, 0.25) is 17.7 Å². The van der Waals surface area contributed by atoms with Crippen molar-refractivity contribution in [2.75, 3.05) is 18.4 Å². The van der Waals surface area contributed by atoms with E-state index in [0.29, 0.717) is 28.9 Å². The highest BCUT2D eigenvalue weighted by Crippen LogP contribution is 2.26. The van der Waals surface area contributed by atoms with Gasteiger partial charge in [0.15, 0.2) is 0 Å². The molecule has 1 amide bonds. The van der Waals surface area contributed by atoms with Gasteiger partial charge in [-0.2, -0.15) is 0 Å². The van der Waals surface area contributed by atoms with Crippen molar-refractivity contribution in [3.63, 3.8) is 0 Å². The van der Waals surface area contributed by atoms with E-state index in [0.717, 1.165) is 29.8 Å². The van der Waals surface area contributed by atoms with Crippen LogP contribution in [0.4, 0.5) is 5.69 Å². The average Bonchev–Trinajstić information content (AvgIpc) is 3.09. The van der Waals surface area contributed by atoms with Gasteiger partial charge in [-0.25, -0.2) is 0 Å². The standard InChI is InChI=1S/C22H25ClN4O2/c1-4-9-27(13-20(28)24-17-11-15(2)10-16(3)12-17)14-21-25-26-22(29-21)18-7-5-6-8-19(18)23/h5-8,10-12H,4,9,13-14H2,1-3H3,(H,24,28). The number of carbonyl (C=O) groups excluding carboxylic acids is 1. The quantitative estimate of drug-likeness (QED) is 0.572. The van der Waals surface area contributed by atoms with E-state index in [4.69, 9.17) is 16.0 Å². The highest BCUT2D eigenvalue weighted by Gasteiger charge is 2.16. The minimum absolute atomic E-state index is 0.0747. The van der Waals surface area contributed by atoms with Gasteiger partial charge in [0, 0.05) is 5.69 Å². The van der Waals surface area contributed by atoms with Crippen LogP contribution in [0.25, 0.3) is 11.5 Å². The summed E-state index contributed by atoms with van der Waals surface area (Å²) < 4.78 is 5.78. The molecule has 0 aliphatic carbocycles. The van der Waals surface area contributed by atoms with Crippen LogP contribution in [0.2, 0.25) is 5.02 Å². The van der Waals surface area contributed by atoms with Crippen molar-refractivity contribution < 1.29 is 9.21 Å². The van der Waals surface area contributed by atoms with E-state index in [9.17, 15) is 4.79 Å². The van der Waals surface area contributed by atoms with Gasteiger partial charge in [-0.1, -0.05) is 36.7 Å². The smallest absolute Gasteiger partial charge is 0.249 e. The molecule has 6 nitrogen and oxygen atoms in total. The fourth-order valence-electron chi connectivity index (χ4n) is 3.23. The second-order valence-electron chi connectivity index (χ2n) is 7.12. The van der Waals surface area contributed by atoms with Crippen LogP contribution in [0.3, 0.4) is 0 Å². The Kier molecular flexibility index (Phi) is 7.01. The molecule has 29 heavy (non-hydrogen) atoms. The summed E-state index contributed by atoms with van der Waals surface area (Å²) in [6.07, 6.45) is 0.905. The van der Waals surface area contributed by atoms with Crippen molar-refractivity contribution in [1.82, 2.24) is 15.1 Å². The molecule has 3 aromatic rings. The summed E-state index contributed by atoms with van der Waals surface area (Å²) in [6, 6.07) is 13.3. The molecule has 0 atom stereocenters. The van der Waals surface area contributed by atoms with Crippen LogP contribution in [0.15, 0.2) is 46.9 Å². The summed E-state index contributed by atoms with van der Waals surface area (Å²) in [5.41, 5.74) is 3.73. The molecule has 2 aromatic carbocycles. The maximum absolute atomic E-state index is 12.5. The predicted octanol–water partition coefficient (Wildman–Crippen LogP) is 4.86. The van der Waals surface area contributed by atoms with Gasteiger partial charge in [-0.15, -0.1) is 10.2 Å². The van der Waals surface area contributed by atoms with Gasteiger partial charge >= 0.3 is 0 Å². The number of hydrogen-bond donors (Lipinski definition) is 1. The lowest BCUT2D eigenvalue weighted by Gasteiger charge is -2.19. The van der Waals surface area contributed by atoms with E-state index >= 15 is 0 Å². The molecule has 1 heterocycles. The normalized spacial score (nSPS) is 11.1. The van der Waals surface area contributed by atoms with E-state index in [1.165, 1.54) is 0 Å². The first-order chi connectivity index (χ1) is 13.9. The number of anilines is 1. The first-order valence-corrected chi connectivity index (χ1v) is 10.00. The lowest BCUT2D eigenvalue weighted by Crippen LogP contribution is -2.33. The van der Waals surface area contributed by atoms with Crippen molar-refractivity contribution in [3.8, 4) is 11.5 Å². The number of benzene rings is 2. The molecule has 0 unspecified atom stereocenters. The Bertz CT molecular complexity index is 966. The lowest BCUT2D eigenvalue weighted by atomic mass is 10.1. The molecular weight excluding hydrogens is 388 g/mol. The third kappa shape index (κ3) is 5.89. The average molecular weight is 413 g/mol. The van der Waals surface area contributed by atoms with E-state index < -0.39 is 0 Å². The lowest BCUT2D eigenvalue weighted by molar-refractivity contribution is -0.117. The second-order valence-corrected chi connectivity index (χ2v) is 7.52. The number of nitrogens with one attached hydrogen (secondary N) is 1. The number of aromatic nitrogens is 2. The number of amides is 1. The third-order valence-corrected chi connectivity index (χ3v) is 4.67. The number of hydrogen-bond acceptors (Lipinski definition) is 5. The fraction of sp³-hybridized carbons (Fsp3) is 0.318. The van der Waals surface area contributed by atoms with Crippen LogP contribution in [0.5, 0.6) is 0 Å². The van der Waals surface area contributed by atoms with Crippen LogP contribution in [-0.2, 0) is 11.3 Å². The maximum Gasteiger partial charge on any atom is 0.249 e. The van der Waals surface area contributed by atoms with Gasteiger partial charge in [0.05, 0.1) is 23.7 Å². The van der Waals surface area contributed by atoms with Gasteiger partial charge in [0.1, 0.15) is 0 Å². The molecule has 0 radical (unpaired) electrons. The molecule has 1 aromatic heterocycles. The van der Waals surface area contributed by atoms with E-state index in [1.807, 2.05) is 49.1 Å². The molecule has 0 fully saturated rings. The Labute approximate surface area is 175 Å². The van der Waals surface area contributed by atoms with Crippen molar-refractivity contribution in [2.24, 2.45) is 0 Å². The Balaban J connectivity index is 1.65. The minimum atomic E-state index is -0.0747. The highest BCUT2D eigenvalue weighted by molar-refractivity contribution is 6.33. The number of nitrogens with zero attached hydrogens (tertiary/aromatic N) is 3. The zero-order valence-electron chi connectivity index (χ0n) is 16.9. The van der Waals surface area contributed by atoms with Gasteiger partial charge in [-0.3, -0.25) is 9.69 Å². The van der Waals surface area contributed by atoms with Crippen LogP contribution in [0.1, 0.15) is 30.4 Å². The van der Waals surface area contributed by atoms with E-state index in [2.05, 4.69) is 28.5 Å². The minimum Gasteiger partial charge on any atom is -0.419 e. The van der Waals surface area contributed by atoms with Crippen LogP contribution < -0.4 is 5.32 Å². The first-order valence-electron chi connectivity index (χ1n) is 9.62. The molecule has 152 valence electrons. The number of carbonyl (C=O) groups is 1. The molecule has 1 N–H and O–H groups in total. The molecule has 0 saturated carbocycles. The molecule has 0 aliphatic rings. The second kappa shape index (κ2) is 9.67. The predicted molar refractivity (Wildman–Crippen MR) is 115 cm³/mol. The summed E-state index contributed by atoms with van der Waals surface area (Å²) in [4.78, 5) is 14.5. The van der Waals surface area contributed by atoms with Crippen LogP contribution in [-0.4, -0.2) is 34.1 Å². The zero-order chi connectivity index (χ0) is 20.8. The van der Waals surface area contributed by atoms with Gasteiger partial charge in [-0.05, 0) is 62.2 Å². The largest absolute Gasteiger partial charge is 0.419 e. The molecule has 3 rings (SSSR count). The maximum atomic E-state index is 12.5. The SMILES string of the molecule is CCCN(CC(=O)Nc1cc(C)cc(C)c1)Cc1nnc(-c2ccccc2Cl)o1. The zero-order valence-corrected chi connectivity index (χ0v) is 17.7. The van der Waals surface area contributed by atoms with Crippen molar-refractivity contribution in [2.45, 2.75) is 33.7 Å². The highest BCUT2D eigenvalue weighted by atomic mass is 35.5. The molecule has 0 spiro atoms. The summed E-state index contributed by atoms with van der Waals surface area (Å²) >= 11 is 6.20. The fourth-order valence-corrected chi connectivity index (χ4v) is 3.45. The summed E-state index contributed by atoms with van der Waals surface area (Å²) in [7, 11) is 0. The van der Waals surface area contributed by atoms with Crippen molar-refractivity contribution >= 4 is 23.2 Å². The van der Waals surface area contributed by atoms with Gasteiger partial charge < -0.3 is 9.73 Å². The monoisotopic (exact) mass is 412 g/mol. The van der Waals surface area contributed by atoms with Crippen molar-refractivity contribution in [3.05, 3.63) is 64.5 Å². The molecular formula is C22H25ClN4O2. The summed E-state index contributed by atoms with van der Waals surface area (Å²) in [6.45, 7) is 7.47. The molecule has 0 aliphatic heterocycles. The molecule has 0 saturated heterocycles. The van der Waals surface area contributed by atoms with Gasteiger partial charge in [0.25, 0.3) is 0 Å². The van der Waals surface area contributed by atoms with Crippen LogP contribution in [0, 0.1) is 13.8 Å². The van der Waals surface area contributed by atoms with E-state index in [1.54, 1.807) is 6.07 Å². The van der Waals surface area contributed by atoms with E-state index in [-0.39, 0.29) is 12.5 Å². The Morgan fingerprint density at radius 2 is 1.86 bits per heavy atom. The Hall–Kier alpha value is -2.70. The molecule has 0 bridgehead atoms. The Morgan fingerprint density at radius 1 is 1.14 bits per heavy atom. The third-order valence-electron chi connectivity index (χ3n) is 4.34.